The smallest absolute Gasteiger partial charge is 0.169 e. The fourth-order valence-electron chi connectivity index (χ4n) is 3.09. The zero-order valence-electron chi connectivity index (χ0n) is 12.1. The van der Waals surface area contributed by atoms with Crippen molar-refractivity contribution in [3.8, 4) is 0 Å². The van der Waals surface area contributed by atoms with Gasteiger partial charge in [-0.25, -0.2) is 13.2 Å². The van der Waals surface area contributed by atoms with E-state index in [1.165, 1.54) is 18.6 Å². The molecule has 0 saturated carbocycles. The van der Waals surface area contributed by atoms with Crippen LogP contribution in [-0.2, 0) is 0 Å². The largest absolute Gasteiger partial charge is 0.206 e. The van der Waals surface area contributed by atoms with Crippen molar-refractivity contribution >= 4 is 10.8 Å². The summed E-state index contributed by atoms with van der Waals surface area (Å²) >= 11 is 0. The molecule has 3 heteroatoms. The standard InChI is InChI=1S/C18H17F3/c1-10-3-5-12(6-4-10)14-8-7-13-9-11(2)16(19)18(21)15(13)17(14)20/h3,7-9,12H,4-6H2,1-2H3. The van der Waals surface area contributed by atoms with Gasteiger partial charge < -0.3 is 0 Å². The summed E-state index contributed by atoms with van der Waals surface area (Å²) in [4.78, 5) is 0. The van der Waals surface area contributed by atoms with E-state index in [4.69, 9.17) is 0 Å². The van der Waals surface area contributed by atoms with Gasteiger partial charge in [0.2, 0.25) is 0 Å². The summed E-state index contributed by atoms with van der Waals surface area (Å²) in [5, 5.41) is 0.192. The van der Waals surface area contributed by atoms with Crippen LogP contribution in [0.2, 0.25) is 0 Å². The average molecular weight is 290 g/mol. The van der Waals surface area contributed by atoms with Crippen molar-refractivity contribution in [2.45, 2.75) is 39.0 Å². The van der Waals surface area contributed by atoms with Crippen LogP contribution in [0.3, 0.4) is 0 Å². The predicted octanol–water partition coefficient (Wildman–Crippen LogP) is 5.78. The zero-order chi connectivity index (χ0) is 15.1. The zero-order valence-corrected chi connectivity index (χ0v) is 12.1. The van der Waals surface area contributed by atoms with E-state index in [0.717, 1.165) is 19.3 Å². The minimum Gasteiger partial charge on any atom is -0.206 e. The average Bonchev–Trinajstić information content (AvgIpc) is 2.46. The maximum Gasteiger partial charge on any atom is 0.169 e. The van der Waals surface area contributed by atoms with Crippen LogP contribution in [0, 0.1) is 24.4 Å². The minimum atomic E-state index is -1.08. The van der Waals surface area contributed by atoms with Crippen molar-refractivity contribution in [1.29, 1.82) is 0 Å². The summed E-state index contributed by atoms with van der Waals surface area (Å²) in [7, 11) is 0. The first-order chi connectivity index (χ1) is 9.99. The summed E-state index contributed by atoms with van der Waals surface area (Å²) in [6.45, 7) is 3.54. The molecule has 0 heterocycles. The van der Waals surface area contributed by atoms with Gasteiger partial charge in [0.1, 0.15) is 5.82 Å². The van der Waals surface area contributed by atoms with Gasteiger partial charge in [-0.2, -0.15) is 0 Å². The molecule has 1 aliphatic carbocycles. The van der Waals surface area contributed by atoms with E-state index in [1.807, 2.05) is 0 Å². The van der Waals surface area contributed by atoms with Gasteiger partial charge in [0.25, 0.3) is 0 Å². The molecule has 0 saturated heterocycles. The molecule has 3 rings (SSSR count). The first-order valence-electron chi connectivity index (χ1n) is 7.21. The number of aryl methyl sites for hydroxylation is 1. The lowest BCUT2D eigenvalue weighted by Crippen LogP contribution is -2.07. The van der Waals surface area contributed by atoms with Crippen LogP contribution in [0.1, 0.15) is 43.2 Å². The Hall–Kier alpha value is -1.77. The van der Waals surface area contributed by atoms with E-state index in [2.05, 4.69) is 13.0 Å². The highest BCUT2D eigenvalue weighted by Gasteiger charge is 2.22. The van der Waals surface area contributed by atoms with Gasteiger partial charge in [0.15, 0.2) is 11.6 Å². The molecule has 0 radical (unpaired) electrons. The lowest BCUT2D eigenvalue weighted by molar-refractivity contribution is 0.502. The molecular formula is C18H17F3. The summed E-state index contributed by atoms with van der Waals surface area (Å²) in [5.74, 6) is -2.60. The molecule has 1 aliphatic rings. The highest BCUT2D eigenvalue weighted by Crippen LogP contribution is 2.36. The molecule has 0 spiro atoms. The van der Waals surface area contributed by atoms with Crippen molar-refractivity contribution in [2.24, 2.45) is 0 Å². The molecule has 0 aliphatic heterocycles. The summed E-state index contributed by atoms with van der Waals surface area (Å²) in [6, 6.07) is 4.90. The van der Waals surface area contributed by atoms with Gasteiger partial charge in [-0.1, -0.05) is 23.8 Å². The van der Waals surface area contributed by atoms with Crippen LogP contribution < -0.4 is 0 Å². The van der Waals surface area contributed by atoms with Crippen molar-refractivity contribution < 1.29 is 13.2 Å². The van der Waals surface area contributed by atoms with Crippen molar-refractivity contribution in [3.05, 3.63) is 58.4 Å². The van der Waals surface area contributed by atoms with Gasteiger partial charge in [-0.05, 0) is 61.6 Å². The van der Waals surface area contributed by atoms with Crippen LogP contribution in [0.15, 0.2) is 29.8 Å². The van der Waals surface area contributed by atoms with Crippen molar-refractivity contribution in [2.75, 3.05) is 0 Å². The molecule has 0 aromatic heterocycles. The maximum atomic E-state index is 14.7. The topological polar surface area (TPSA) is 0 Å². The normalized spacial score (nSPS) is 18.9. The Morgan fingerprint density at radius 3 is 2.43 bits per heavy atom. The van der Waals surface area contributed by atoms with E-state index < -0.39 is 17.5 Å². The van der Waals surface area contributed by atoms with E-state index in [9.17, 15) is 13.2 Å². The van der Waals surface area contributed by atoms with Crippen LogP contribution in [0.5, 0.6) is 0 Å². The quantitative estimate of drug-likeness (QED) is 0.584. The van der Waals surface area contributed by atoms with Crippen LogP contribution in [0.4, 0.5) is 13.2 Å². The molecule has 21 heavy (non-hydrogen) atoms. The number of rotatable bonds is 1. The van der Waals surface area contributed by atoms with Crippen molar-refractivity contribution in [3.63, 3.8) is 0 Å². The number of fused-ring (bicyclic) bond motifs is 1. The first-order valence-corrected chi connectivity index (χ1v) is 7.21. The highest BCUT2D eigenvalue weighted by atomic mass is 19.2. The van der Waals surface area contributed by atoms with Crippen LogP contribution in [-0.4, -0.2) is 0 Å². The molecule has 1 unspecified atom stereocenters. The number of hydrogen-bond acceptors (Lipinski definition) is 0. The molecule has 0 N–H and O–H groups in total. The fourth-order valence-corrected chi connectivity index (χ4v) is 3.09. The number of allylic oxidation sites excluding steroid dienone is 2. The Labute approximate surface area is 122 Å². The molecule has 2 aromatic carbocycles. The molecule has 1 atom stereocenters. The summed E-state index contributed by atoms with van der Waals surface area (Å²) in [6.07, 6.45) is 4.63. The molecule has 0 amide bonds. The molecule has 0 nitrogen and oxygen atoms in total. The predicted molar refractivity (Wildman–Crippen MR) is 78.9 cm³/mol. The minimum absolute atomic E-state index is 0.0434. The number of halogens is 3. The Bertz CT molecular complexity index is 744. The Kier molecular flexibility index (Phi) is 3.52. The van der Waals surface area contributed by atoms with Crippen LogP contribution >= 0.6 is 0 Å². The second kappa shape index (κ2) is 5.21. The van der Waals surface area contributed by atoms with Gasteiger partial charge in [-0.15, -0.1) is 0 Å². The third-order valence-electron chi connectivity index (χ3n) is 4.41. The lowest BCUT2D eigenvalue weighted by Gasteiger charge is -2.22. The van der Waals surface area contributed by atoms with E-state index >= 15 is 0 Å². The third-order valence-corrected chi connectivity index (χ3v) is 4.41. The van der Waals surface area contributed by atoms with Gasteiger partial charge in [0.05, 0.1) is 5.39 Å². The monoisotopic (exact) mass is 290 g/mol. The third kappa shape index (κ3) is 2.35. The summed E-state index contributed by atoms with van der Waals surface area (Å²) in [5.41, 5.74) is 2.00. The molecule has 0 bridgehead atoms. The fraction of sp³-hybridized carbons (Fsp3) is 0.333. The van der Waals surface area contributed by atoms with E-state index in [0.29, 0.717) is 10.9 Å². The Morgan fingerprint density at radius 1 is 1.00 bits per heavy atom. The number of benzene rings is 2. The summed E-state index contributed by atoms with van der Waals surface area (Å²) < 4.78 is 42.5. The molecule has 0 fully saturated rings. The van der Waals surface area contributed by atoms with E-state index in [1.54, 1.807) is 12.1 Å². The Morgan fingerprint density at radius 2 is 1.76 bits per heavy atom. The second-order valence-electron chi connectivity index (χ2n) is 5.91. The van der Waals surface area contributed by atoms with E-state index in [-0.39, 0.29) is 16.9 Å². The van der Waals surface area contributed by atoms with Crippen molar-refractivity contribution in [1.82, 2.24) is 0 Å². The van der Waals surface area contributed by atoms with Gasteiger partial charge in [-0.3, -0.25) is 0 Å². The van der Waals surface area contributed by atoms with Gasteiger partial charge >= 0.3 is 0 Å². The number of hydrogen-bond donors (Lipinski definition) is 0. The first kappa shape index (κ1) is 14.2. The lowest BCUT2D eigenvalue weighted by atomic mass is 9.84. The second-order valence-corrected chi connectivity index (χ2v) is 5.91. The maximum absolute atomic E-state index is 14.7. The SMILES string of the molecule is CC1=CCC(c2ccc3cc(C)c(F)c(F)c3c2F)CC1. The molecule has 110 valence electrons. The molecule has 2 aromatic rings. The van der Waals surface area contributed by atoms with Crippen LogP contribution in [0.25, 0.3) is 10.8 Å². The highest BCUT2D eigenvalue weighted by molar-refractivity contribution is 5.85. The Balaban J connectivity index is 2.16. The van der Waals surface area contributed by atoms with Gasteiger partial charge in [0, 0.05) is 0 Å². The molecular weight excluding hydrogens is 273 g/mol.